The van der Waals surface area contributed by atoms with Gasteiger partial charge < -0.3 is 19.6 Å². The van der Waals surface area contributed by atoms with Crippen LogP contribution in [0.1, 0.15) is 34.7 Å². The van der Waals surface area contributed by atoms with Crippen LogP contribution in [-0.2, 0) is 16.2 Å². The second-order valence-electron chi connectivity index (χ2n) is 9.76. The monoisotopic (exact) mass is 529 g/mol. The number of carbonyl (C=O) groups excluding carboxylic acids is 2. The predicted octanol–water partition coefficient (Wildman–Crippen LogP) is 4.86. The fourth-order valence-corrected chi connectivity index (χ4v) is 4.67. The number of hydrogen-bond donors (Lipinski definition) is 1. The molecule has 1 heterocycles. The molecule has 1 saturated heterocycles. The molecular formula is C30H31N3O6. The van der Waals surface area contributed by atoms with Crippen molar-refractivity contribution in [2.24, 2.45) is 0 Å². The number of likely N-dealkylation sites (tertiary alicyclic amines) is 1. The van der Waals surface area contributed by atoms with Crippen LogP contribution in [-0.4, -0.2) is 58.7 Å². The van der Waals surface area contributed by atoms with Gasteiger partial charge in [-0.15, -0.1) is 0 Å². The molecule has 1 fully saturated rings. The number of nitro groups is 1. The van der Waals surface area contributed by atoms with Crippen molar-refractivity contribution in [1.82, 2.24) is 9.80 Å². The third-order valence-electron chi connectivity index (χ3n) is 6.63. The van der Waals surface area contributed by atoms with Crippen LogP contribution < -0.4 is 4.74 Å². The molecule has 0 radical (unpaired) electrons. The maximum absolute atomic E-state index is 13.3. The number of aryl methyl sites for hydroxylation is 1. The number of aliphatic hydroxyl groups excluding tert-OH is 1. The number of non-ortho nitro benzene ring substituents is 1. The van der Waals surface area contributed by atoms with E-state index in [1.54, 1.807) is 24.3 Å². The van der Waals surface area contributed by atoms with Crippen molar-refractivity contribution in [1.29, 1.82) is 0 Å². The fourth-order valence-electron chi connectivity index (χ4n) is 4.67. The molecule has 39 heavy (non-hydrogen) atoms. The van der Waals surface area contributed by atoms with Crippen molar-refractivity contribution < 1.29 is 24.4 Å². The second kappa shape index (κ2) is 11.9. The molecule has 9 nitrogen and oxygen atoms in total. The molecule has 3 aromatic rings. The number of ether oxygens (including phenoxy) is 1. The van der Waals surface area contributed by atoms with Gasteiger partial charge in [0.1, 0.15) is 18.1 Å². The molecule has 0 aromatic heterocycles. The summed E-state index contributed by atoms with van der Waals surface area (Å²) in [5.41, 5.74) is 2.22. The summed E-state index contributed by atoms with van der Waals surface area (Å²) in [5.74, 6) is -1.28. The Morgan fingerprint density at radius 3 is 2.46 bits per heavy atom. The van der Waals surface area contributed by atoms with Gasteiger partial charge in [-0.25, -0.2) is 0 Å². The minimum absolute atomic E-state index is 0.0947. The first-order chi connectivity index (χ1) is 18.7. The summed E-state index contributed by atoms with van der Waals surface area (Å²) in [6.07, 6.45) is 0.581. The summed E-state index contributed by atoms with van der Waals surface area (Å²) in [6, 6.07) is 19.6. The molecule has 1 N–H and O–H groups in total. The number of hydrogen-bond acceptors (Lipinski definition) is 7. The Morgan fingerprint density at radius 2 is 1.79 bits per heavy atom. The number of Topliss-reactive ketones (excluding diaryl/α,β-unsaturated/α-hetero) is 1. The summed E-state index contributed by atoms with van der Waals surface area (Å²) < 4.78 is 5.93. The number of amides is 1. The van der Waals surface area contributed by atoms with E-state index in [1.165, 1.54) is 23.1 Å². The van der Waals surface area contributed by atoms with Crippen LogP contribution in [0.5, 0.6) is 5.75 Å². The average molecular weight is 530 g/mol. The highest BCUT2D eigenvalue weighted by Gasteiger charge is 2.46. The van der Waals surface area contributed by atoms with Crippen molar-refractivity contribution in [2.45, 2.75) is 26.0 Å². The van der Waals surface area contributed by atoms with Crippen molar-refractivity contribution in [3.63, 3.8) is 0 Å². The minimum atomic E-state index is -0.957. The van der Waals surface area contributed by atoms with Gasteiger partial charge in [-0.1, -0.05) is 42.5 Å². The molecule has 0 spiro atoms. The molecule has 0 unspecified atom stereocenters. The summed E-state index contributed by atoms with van der Waals surface area (Å²) in [5, 5.41) is 22.8. The SMILES string of the molecule is Cc1cc(/C(O)=C2\C(=O)C(=O)N(CCCN(C)C)[C@@H]2c2cccc([N+](=O)[O-])c2)ccc1OCc1ccccc1. The Kier molecular flexibility index (Phi) is 8.41. The third kappa shape index (κ3) is 6.15. The Bertz CT molecular complexity index is 1420. The highest BCUT2D eigenvalue weighted by Crippen LogP contribution is 2.40. The number of benzene rings is 3. The Balaban J connectivity index is 1.71. The maximum Gasteiger partial charge on any atom is 0.295 e. The number of aliphatic hydroxyl groups is 1. The minimum Gasteiger partial charge on any atom is -0.507 e. The van der Waals surface area contributed by atoms with Crippen LogP contribution in [0.4, 0.5) is 5.69 Å². The van der Waals surface area contributed by atoms with Gasteiger partial charge in [0.25, 0.3) is 17.4 Å². The molecule has 9 heteroatoms. The quantitative estimate of drug-likeness (QED) is 0.131. The second-order valence-corrected chi connectivity index (χ2v) is 9.76. The maximum atomic E-state index is 13.3. The van der Waals surface area contributed by atoms with E-state index < -0.39 is 22.7 Å². The van der Waals surface area contributed by atoms with Crippen LogP contribution in [0.3, 0.4) is 0 Å². The van der Waals surface area contributed by atoms with E-state index in [0.717, 1.165) is 11.1 Å². The summed E-state index contributed by atoms with van der Waals surface area (Å²) in [6.45, 7) is 3.12. The zero-order valence-electron chi connectivity index (χ0n) is 22.2. The largest absolute Gasteiger partial charge is 0.507 e. The molecule has 1 amide bonds. The Labute approximate surface area is 227 Å². The molecule has 3 aromatic carbocycles. The lowest BCUT2D eigenvalue weighted by atomic mass is 9.94. The average Bonchev–Trinajstić information content (AvgIpc) is 3.17. The van der Waals surface area contributed by atoms with E-state index >= 15 is 0 Å². The fraction of sp³-hybridized carbons (Fsp3) is 0.267. The van der Waals surface area contributed by atoms with Gasteiger partial charge in [-0.2, -0.15) is 0 Å². The van der Waals surface area contributed by atoms with Crippen molar-refractivity contribution >= 4 is 23.1 Å². The van der Waals surface area contributed by atoms with Gasteiger partial charge in [0.2, 0.25) is 0 Å². The van der Waals surface area contributed by atoms with Crippen LogP contribution in [0.15, 0.2) is 78.4 Å². The van der Waals surface area contributed by atoms with Gasteiger partial charge >= 0.3 is 0 Å². The lowest BCUT2D eigenvalue weighted by Gasteiger charge is -2.26. The number of ketones is 1. The molecule has 202 valence electrons. The van der Waals surface area contributed by atoms with Gasteiger partial charge in [0.05, 0.1) is 16.5 Å². The topological polar surface area (TPSA) is 113 Å². The molecule has 0 aliphatic carbocycles. The molecule has 1 atom stereocenters. The van der Waals surface area contributed by atoms with Gasteiger partial charge in [0, 0.05) is 24.2 Å². The Morgan fingerprint density at radius 1 is 1.05 bits per heavy atom. The molecule has 0 saturated carbocycles. The molecule has 4 rings (SSSR count). The number of nitrogens with zero attached hydrogens (tertiary/aromatic N) is 3. The van der Waals surface area contributed by atoms with Gasteiger partial charge in [0.15, 0.2) is 0 Å². The molecule has 0 bridgehead atoms. The van der Waals surface area contributed by atoms with Crippen molar-refractivity contribution in [3.8, 4) is 5.75 Å². The van der Waals surface area contributed by atoms with E-state index in [0.29, 0.717) is 36.4 Å². The molecule has 1 aliphatic heterocycles. The van der Waals surface area contributed by atoms with E-state index in [-0.39, 0.29) is 23.6 Å². The van der Waals surface area contributed by atoms with E-state index in [1.807, 2.05) is 56.3 Å². The highest BCUT2D eigenvalue weighted by atomic mass is 16.6. The zero-order valence-corrected chi connectivity index (χ0v) is 22.2. The molecule has 1 aliphatic rings. The normalized spacial score (nSPS) is 16.6. The zero-order chi connectivity index (χ0) is 28.1. The predicted molar refractivity (Wildman–Crippen MR) is 147 cm³/mol. The van der Waals surface area contributed by atoms with E-state index in [2.05, 4.69) is 0 Å². The smallest absolute Gasteiger partial charge is 0.295 e. The van der Waals surface area contributed by atoms with Crippen LogP contribution >= 0.6 is 0 Å². The highest BCUT2D eigenvalue weighted by molar-refractivity contribution is 6.46. The number of nitro benzene ring substituents is 1. The third-order valence-corrected chi connectivity index (χ3v) is 6.63. The van der Waals surface area contributed by atoms with Crippen molar-refractivity contribution in [3.05, 3.63) is 111 Å². The lowest BCUT2D eigenvalue weighted by Crippen LogP contribution is -2.32. The first-order valence-electron chi connectivity index (χ1n) is 12.6. The first-order valence-corrected chi connectivity index (χ1v) is 12.6. The van der Waals surface area contributed by atoms with Crippen LogP contribution in [0.25, 0.3) is 5.76 Å². The number of carbonyl (C=O) groups is 2. The molecular weight excluding hydrogens is 498 g/mol. The number of rotatable bonds is 10. The van der Waals surface area contributed by atoms with E-state index in [9.17, 15) is 24.8 Å². The Hall–Kier alpha value is -4.50. The van der Waals surface area contributed by atoms with Crippen LogP contribution in [0.2, 0.25) is 0 Å². The van der Waals surface area contributed by atoms with Gasteiger partial charge in [-0.3, -0.25) is 19.7 Å². The lowest BCUT2D eigenvalue weighted by molar-refractivity contribution is -0.384. The summed E-state index contributed by atoms with van der Waals surface area (Å²) in [7, 11) is 3.81. The summed E-state index contributed by atoms with van der Waals surface area (Å²) in [4.78, 5) is 40.7. The standard InChI is InChI=1S/C30H31N3O6/c1-20-17-23(13-14-25(20)39-19-21-9-5-4-6-10-21)28(34)26-27(22-11-7-12-24(18-22)33(37)38)32(30(36)29(26)35)16-8-15-31(2)3/h4-7,9-14,17-18,27,34H,8,15-16,19H2,1-3H3/b28-26+/t27-/m1/s1. The van der Waals surface area contributed by atoms with Crippen LogP contribution in [0, 0.1) is 17.0 Å². The summed E-state index contributed by atoms with van der Waals surface area (Å²) >= 11 is 0. The van der Waals surface area contributed by atoms with Crippen molar-refractivity contribution in [2.75, 3.05) is 27.2 Å². The van der Waals surface area contributed by atoms with Gasteiger partial charge in [-0.05, 0) is 68.9 Å². The first kappa shape index (κ1) is 27.5. The van der Waals surface area contributed by atoms with E-state index in [4.69, 9.17) is 4.74 Å².